The second-order valence-electron chi connectivity index (χ2n) is 3.92. The third kappa shape index (κ3) is 7.04. The highest BCUT2D eigenvalue weighted by atomic mass is 19.4. The van der Waals surface area contributed by atoms with Crippen LogP contribution in [-0.2, 0) is 4.79 Å². The van der Waals surface area contributed by atoms with Gasteiger partial charge in [0.05, 0.1) is 12.2 Å². The molecule has 1 rings (SSSR count). The van der Waals surface area contributed by atoms with Gasteiger partial charge < -0.3 is 21.1 Å². The van der Waals surface area contributed by atoms with Crippen molar-refractivity contribution < 1.29 is 22.7 Å². The predicted octanol–water partition coefficient (Wildman–Crippen LogP) is 1.45. The third-order valence-corrected chi connectivity index (χ3v) is 2.14. The van der Waals surface area contributed by atoms with Crippen molar-refractivity contribution in [2.45, 2.75) is 13.3 Å². The van der Waals surface area contributed by atoms with Crippen LogP contribution in [0.5, 0.6) is 5.75 Å². The first-order valence-corrected chi connectivity index (χ1v) is 5.94. The number of aliphatic imine (C=N–C) groups is 1. The molecule has 6 nitrogen and oxygen atoms in total. The minimum absolute atomic E-state index is 0.0376. The van der Waals surface area contributed by atoms with Crippen molar-refractivity contribution in [2.24, 2.45) is 10.7 Å². The number of hydrogen-bond donors (Lipinski definition) is 3. The Morgan fingerprint density at radius 2 is 2.05 bits per heavy atom. The maximum Gasteiger partial charge on any atom is 0.573 e. The van der Waals surface area contributed by atoms with Gasteiger partial charge in [0.25, 0.3) is 0 Å². The quantitative estimate of drug-likeness (QED) is 0.436. The Kier molecular flexibility index (Phi) is 5.82. The fourth-order valence-corrected chi connectivity index (χ4v) is 1.37. The topological polar surface area (TPSA) is 88.7 Å². The Bertz CT molecular complexity index is 517. The van der Waals surface area contributed by atoms with E-state index < -0.39 is 12.1 Å². The summed E-state index contributed by atoms with van der Waals surface area (Å²) in [5, 5.41) is 5.02. The minimum atomic E-state index is -4.80. The number of ether oxygens (including phenoxy) is 1. The molecular weight excluding hydrogens is 289 g/mol. The third-order valence-electron chi connectivity index (χ3n) is 2.14. The lowest BCUT2D eigenvalue weighted by Crippen LogP contribution is -2.27. The lowest BCUT2D eigenvalue weighted by molar-refractivity contribution is -0.274. The van der Waals surface area contributed by atoms with Crippen LogP contribution in [0, 0.1) is 0 Å². The van der Waals surface area contributed by atoms with Gasteiger partial charge in [0.1, 0.15) is 0 Å². The Morgan fingerprint density at radius 3 is 2.67 bits per heavy atom. The van der Waals surface area contributed by atoms with Gasteiger partial charge in [-0.25, -0.2) is 0 Å². The van der Waals surface area contributed by atoms with Gasteiger partial charge in [-0.05, 0) is 12.1 Å². The largest absolute Gasteiger partial charge is 0.573 e. The van der Waals surface area contributed by atoms with Crippen LogP contribution in [0.4, 0.5) is 18.9 Å². The van der Waals surface area contributed by atoms with Crippen LogP contribution in [0.1, 0.15) is 6.92 Å². The molecule has 9 heteroatoms. The fourth-order valence-electron chi connectivity index (χ4n) is 1.37. The van der Waals surface area contributed by atoms with Crippen LogP contribution in [0.2, 0.25) is 0 Å². The Balaban J connectivity index is 2.65. The number of anilines is 1. The van der Waals surface area contributed by atoms with Crippen LogP contribution < -0.4 is 21.1 Å². The molecule has 0 atom stereocenters. The van der Waals surface area contributed by atoms with Crippen molar-refractivity contribution in [2.75, 3.05) is 18.4 Å². The normalized spacial score (nSPS) is 11.9. The van der Waals surface area contributed by atoms with Gasteiger partial charge in [0.2, 0.25) is 5.91 Å². The van der Waals surface area contributed by atoms with Gasteiger partial charge in [-0.1, -0.05) is 12.1 Å². The molecular formula is C12H15F3N4O2. The SMILES string of the molecule is CC(=O)NCCN=C(N)Nc1ccccc1OC(F)(F)F. The molecule has 4 N–H and O–H groups in total. The first-order valence-electron chi connectivity index (χ1n) is 5.94. The van der Waals surface area contributed by atoms with E-state index >= 15 is 0 Å². The minimum Gasteiger partial charge on any atom is -0.404 e. The summed E-state index contributed by atoms with van der Waals surface area (Å²) in [5.74, 6) is -0.704. The van der Waals surface area contributed by atoms with Crippen LogP contribution in [0.15, 0.2) is 29.3 Å². The lowest BCUT2D eigenvalue weighted by Gasteiger charge is -2.14. The van der Waals surface area contributed by atoms with Gasteiger partial charge in [0.15, 0.2) is 11.7 Å². The number of halogens is 3. The number of rotatable bonds is 5. The molecule has 0 saturated heterocycles. The van der Waals surface area contributed by atoms with Crippen molar-refractivity contribution >= 4 is 17.6 Å². The zero-order chi connectivity index (χ0) is 15.9. The summed E-state index contributed by atoms with van der Waals surface area (Å²) in [7, 11) is 0. The zero-order valence-electron chi connectivity index (χ0n) is 11.2. The Hall–Kier alpha value is -2.45. The first kappa shape index (κ1) is 16.6. The van der Waals surface area contributed by atoms with Gasteiger partial charge in [0, 0.05) is 13.5 Å². The number of alkyl halides is 3. The van der Waals surface area contributed by atoms with Gasteiger partial charge >= 0.3 is 6.36 Å². The number of nitrogens with zero attached hydrogens (tertiary/aromatic N) is 1. The van der Waals surface area contributed by atoms with E-state index in [9.17, 15) is 18.0 Å². The molecule has 0 unspecified atom stereocenters. The maximum atomic E-state index is 12.2. The summed E-state index contributed by atoms with van der Waals surface area (Å²) in [6.07, 6.45) is -4.80. The molecule has 21 heavy (non-hydrogen) atoms. The van der Waals surface area contributed by atoms with Crippen molar-refractivity contribution in [3.8, 4) is 5.75 Å². The van der Waals surface area contributed by atoms with Crippen LogP contribution >= 0.6 is 0 Å². The van der Waals surface area contributed by atoms with Crippen LogP contribution in [0.3, 0.4) is 0 Å². The molecule has 0 heterocycles. The van der Waals surface area contributed by atoms with Crippen molar-refractivity contribution in [3.05, 3.63) is 24.3 Å². The van der Waals surface area contributed by atoms with E-state index in [0.29, 0.717) is 0 Å². The van der Waals surface area contributed by atoms with Gasteiger partial charge in [-0.2, -0.15) is 0 Å². The highest BCUT2D eigenvalue weighted by Gasteiger charge is 2.32. The van der Waals surface area contributed by atoms with E-state index in [0.717, 1.165) is 6.07 Å². The number of benzene rings is 1. The molecule has 1 aromatic carbocycles. The van der Waals surface area contributed by atoms with Crippen LogP contribution in [-0.4, -0.2) is 31.3 Å². The summed E-state index contributed by atoms with van der Waals surface area (Å²) in [6, 6.07) is 5.45. The molecule has 0 radical (unpaired) electrons. The van der Waals surface area contributed by atoms with Gasteiger partial charge in [-0.15, -0.1) is 13.2 Å². The van der Waals surface area contributed by atoms with E-state index in [1.165, 1.54) is 25.1 Å². The molecule has 0 saturated carbocycles. The summed E-state index contributed by atoms with van der Waals surface area (Å²) in [4.78, 5) is 14.5. The number of nitrogens with two attached hydrogens (primary N) is 1. The number of nitrogens with one attached hydrogen (secondary N) is 2. The average Bonchev–Trinajstić information content (AvgIpc) is 2.35. The Morgan fingerprint density at radius 1 is 1.38 bits per heavy atom. The number of guanidine groups is 1. The van der Waals surface area contributed by atoms with Crippen molar-refractivity contribution in [1.82, 2.24) is 5.32 Å². The van der Waals surface area contributed by atoms with Gasteiger partial charge in [-0.3, -0.25) is 9.79 Å². The molecule has 0 aromatic heterocycles. The molecule has 0 bridgehead atoms. The molecule has 116 valence electrons. The molecule has 0 aliphatic carbocycles. The fraction of sp³-hybridized carbons (Fsp3) is 0.333. The number of carbonyl (C=O) groups is 1. The number of hydrogen-bond acceptors (Lipinski definition) is 3. The van der Waals surface area contributed by atoms with E-state index in [1.54, 1.807) is 0 Å². The summed E-state index contributed by atoms with van der Waals surface area (Å²) < 4.78 is 40.6. The van der Waals surface area contributed by atoms with Crippen molar-refractivity contribution in [1.29, 1.82) is 0 Å². The molecule has 1 amide bonds. The first-order chi connectivity index (χ1) is 9.78. The highest BCUT2D eigenvalue weighted by Crippen LogP contribution is 2.29. The highest BCUT2D eigenvalue weighted by molar-refractivity contribution is 5.93. The molecule has 0 aliphatic rings. The number of para-hydroxylation sites is 2. The summed E-state index contributed by atoms with van der Waals surface area (Å²) >= 11 is 0. The standard InChI is InChI=1S/C12H15F3N4O2/c1-8(20)17-6-7-18-11(16)19-9-4-2-3-5-10(9)21-12(13,14)15/h2-5H,6-7H2,1H3,(H,17,20)(H3,16,18,19). The molecule has 0 fully saturated rings. The van der Waals surface area contributed by atoms with E-state index in [1.807, 2.05) is 0 Å². The van der Waals surface area contributed by atoms with E-state index in [2.05, 4.69) is 20.4 Å². The lowest BCUT2D eigenvalue weighted by atomic mass is 10.3. The van der Waals surface area contributed by atoms with E-state index in [4.69, 9.17) is 5.73 Å². The second-order valence-corrected chi connectivity index (χ2v) is 3.92. The smallest absolute Gasteiger partial charge is 0.404 e. The maximum absolute atomic E-state index is 12.2. The second kappa shape index (κ2) is 7.36. The van der Waals surface area contributed by atoms with E-state index in [-0.39, 0.29) is 30.6 Å². The zero-order valence-corrected chi connectivity index (χ0v) is 11.2. The summed E-state index contributed by atoms with van der Waals surface area (Å²) in [6.45, 7) is 1.83. The Labute approximate surface area is 119 Å². The predicted molar refractivity (Wildman–Crippen MR) is 71.9 cm³/mol. The van der Waals surface area contributed by atoms with Crippen LogP contribution in [0.25, 0.3) is 0 Å². The average molecular weight is 304 g/mol. The molecule has 1 aromatic rings. The molecule has 0 aliphatic heterocycles. The molecule has 0 spiro atoms. The number of amides is 1. The summed E-state index contributed by atoms with van der Waals surface area (Å²) in [5.41, 5.74) is 5.58. The van der Waals surface area contributed by atoms with Crippen molar-refractivity contribution in [3.63, 3.8) is 0 Å². The monoisotopic (exact) mass is 304 g/mol. The number of carbonyl (C=O) groups excluding carboxylic acids is 1.